The van der Waals surface area contributed by atoms with Crippen molar-refractivity contribution in [1.29, 1.82) is 0 Å². The third-order valence-corrected chi connectivity index (χ3v) is 7.92. The molecule has 1 amide bonds. The number of aromatic amines is 1. The molecule has 1 fully saturated rings. The van der Waals surface area contributed by atoms with E-state index in [-0.39, 0.29) is 29.5 Å². The van der Waals surface area contributed by atoms with Crippen LogP contribution < -0.4 is 5.56 Å². The van der Waals surface area contributed by atoms with Crippen molar-refractivity contribution in [2.75, 3.05) is 33.2 Å². The van der Waals surface area contributed by atoms with Crippen molar-refractivity contribution in [3.05, 3.63) is 70.8 Å². The summed E-state index contributed by atoms with van der Waals surface area (Å²) in [5.41, 5.74) is 0.401. The van der Waals surface area contributed by atoms with Gasteiger partial charge in [0.1, 0.15) is 5.82 Å². The second-order valence-electron chi connectivity index (χ2n) is 8.16. The van der Waals surface area contributed by atoms with Crippen molar-refractivity contribution in [2.24, 2.45) is 0 Å². The van der Waals surface area contributed by atoms with E-state index in [2.05, 4.69) is 9.97 Å². The van der Waals surface area contributed by atoms with Gasteiger partial charge in [0.05, 0.1) is 28.4 Å². The first-order chi connectivity index (χ1) is 15.8. The van der Waals surface area contributed by atoms with Crippen LogP contribution in [0.25, 0.3) is 10.9 Å². The Hall–Kier alpha value is -3.08. The van der Waals surface area contributed by atoms with Crippen LogP contribution >= 0.6 is 0 Å². The molecule has 9 nitrogen and oxygen atoms in total. The Bertz CT molecular complexity index is 1300. The van der Waals surface area contributed by atoms with E-state index < -0.39 is 16.1 Å². The first kappa shape index (κ1) is 23.1. The fraction of sp³-hybridized carbons (Fsp3) is 0.348. The Morgan fingerprint density at radius 1 is 1.06 bits per heavy atom. The molecule has 1 N–H and O–H groups in total. The van der Waals surface area contributed by atoms with Gasteiger partial charge >= 0.3 is 0 Å². The molecule has 3 aromatic rings. The topological polar surface area (TPSA) is 107 Å². The lowest BCUT2D eigenvalue weighted by molar-refractivity contribution is -0.137. The highest BCUT2D eigenvalue weighted by Gasteiger charge is 2.32. The quantitative estimate of drug-likeness (QED) is 0.583. The molecule has 10 heteroatoms. The van der Waals surface area contributed by atoms with E-state index >= 15 is 0 Å². The predicted octanol–water partition coefficient (Wildman–Crippen LogP) is 1.28. The zero-order valence-electron chi connectivity index (χ0n) is 18.6. The van der Waals surface area contributed by atoms with Gasteiger partial charge in [-0.15, -0.1) is 0 Å². The highest BCUT2D eigenvalue weighted by atomic mass is 32.2. The predicted molar refractivity (Wildman–Crippen MR) is 125 cm³/mol. The monoisotopic (exact) mass is 469 g/mol. The number of nitrogens with one attached hydrogen (secondary N) is 1. The number of H-pyrrole nitrogens is 1. The fourth-order valence-electron chi connectivity index (χ4n) is 3.93. The molecule has 174 valence electrons. The number of likely N-dealkylation sites (N-methyl/N-ethyl adjacent to an activating group) is 1. The summed E-state index contributed by atoms with van der Waals surface area (Å²) in [6.07, 6.45) is 0. The van der Waals surface area contributed by atoms with E-state index in [4.69, 9.17) is 0 Å². The molecule has 2 aromatic carbocycles. The number of carbonyl (C=O) groups excluding carboxylic acids is 1. The Morgan fingerprint density at radius 2 is 1.70 bits per heavy atom. The number of hydrogen-bond acceptors (Lipinski definition) is 6. The largest absolute Gasteiger partial charge is 0.339 e. The minimum absolute atomic E-state index is 0.0857. The second kappa shape index (κ2) is 9.42. The summed E-state index contributed by atoms with van der Waals surface area (Å²) < 4.78 is 27.0. The van der Waals surface area contributed by atoms with Crippen molar-refractivity contribution in [2.45, 2.75) is 24.4 Å². The van der Waals surface area contributed by atoms with E-state index in [0.29, 0.717) is 36.4 Å². The molecule has 0 aliphatic carbocycles. The van der Waals surface area contributed by atoms with Crippen LogP contribution in [-0.2, 0) is 21.4 Å². The second-order valence-corrected chi connectivity index (χ2v) is 10.1. The molecule has 1 aliphatic heterocycles. The molecular formula is C23H27N5O4S. The maximum atomic E-state index is 13.1. The van der Waals surface area contributed by atoms with Crippen LogP contribution in [0.3, 0.4) is 0 Å². The van der Waals surface area contributed by atoms with Gasteiger partial charge in [-0.05, 0) is 38.2 Å². The number of piperazine rings is 1. The number of fused-ring (bicyclic) bond motifs is 1. The lowest BCUT2D eigenvalue weighted by atomic mass is 10.2. The lowest BCUT2D eigenvalue weighted by Crippen LogP contribution is -2.54. The highest BCUT2D eigenvalue weighted by molar-refractivity contribution is 7.89. The third-order valence-electron chi connectivity index (χ3n) is 6.01. The fourth-order valence-corrected chi connectivity index (χ4v) is 5.37. The Balaban J connectivity index is 1.38. The zero-order valence-corrected chi connectivity index (χ0v) is 19.5. The van der Waals surface area contributed by atoms with Crippen LogP contribution in [-0.4, -0.2) is 77.7 Å². The first-order valence-electron chi connectivity index (χ1n) is 10.8. The van der Waals surface area contributed by atoms with Gasteiger partial charge in [-0.3, -0.25) is 14.5 Å². The van der Waals surface area contributed by atoms with Crippen LogP contribution in [0, 0.1) is 0 Å². The van der Waals surface area contributed by atoms with Gasteiger partial charge < -0.3 is 9.88 Å². The van der Waals surface area contributed by atoms with Gasteiger partial charge in [-0.25, -0.2) is 13.4 Å². The number of hydrogen-bond donors (Lipinski definition) is 1. The number of aromatic nitrogens is 2. The van der Waals surface area contributed by atoms with E-state index in [1.807, 2.05) is 11.0 Å². The maximum Gasteiger partial charge on any atom is 0.258 e. The SMILES string of the molecule is CC(C(=O)N1CCN(S(=O)(=O)c2ccccc2)CC1)N(C)Cc1nc2ccccc2c(=O)[nH]1. The molecule has 1 aliphatic rings. The van der Waals surface area contributed by atoms with Crippen molar-refractivity contribution in [3.8, 4) is 0 Å². The van der Waals surface area contributed by atoms with Crippen LogP contribution in [0.5, 0.6) is 0 Å². The summed E-state index contributed by atoms with van der Waals surface area (Å²) in [7, 11) is -1.77. The van der Waals surface area contributed by atoms with E-state index in [9.17, 15) is 18.0 Å². The van der Waals surface area contributed by atoms with Crippen molar-refractivity contribution in [3.63, 3.8) is 0 Å². The zero-order chi connectivity index (χ0) is 23.6. The highest BCUT2D eigenvalue weighted by Crippen LogP contribution is 2.18. The molecule has 4 rings (SSSR count). The number of carbonyl (C=O) groups is 1. The normalized spacial score (nSPS) is 16.3. The van der Waals surface area contributed by atoms with E-state index in [1.54, 1.807) is 67.4 Å². The van der Waals surface area contributed by atoms with Crippen LogP contribution in [0.2, 0.25) is 0 Å². The van der Waals surface area contributed by atoms with Crippen molar-refractivity contribution in [1.82, 2.24) is 24.1 Å². The first-order valence-corrected chi connectivity index (χ1v) is 12.2. The van der Waals surface area contributed by atoms with Crippen LogP contribution in [0.15, 0.2) is 64.3 Å². The molecular weight excluding hydrogens is 442 g/mol. The average Bonchev–Trinajstić information content (AvgIpc) is 2.83. The van der Waals surface area contributed by atoms with E-state index in [0.717, 1.165) is 0 Å². The standard InChI is InChI=1S/C23H27N5O4S/c1-17(26(2)16-21-24-20-11-7-6-10-19(20)22(29)25-21)23(30)27-12-14-28(15-13-27)33(31,32)18-8-4-3-5-9-18/h3-11,17H,12-16H2,1-2H3,(H,24,25,29). The van der Waals surface area contributed by atoms with Crippen molar-refractivity contribution < 1.29 is 13.2 Å². The van der Waals surface area contributed by atoms with Gasteiger partial charge in [0.15, 0.2) is 0 Å². The summed E-state index contributed by atoms with van der Waals surface area (Å²) in [6, 6.07) is 15.0. The molecule has 1 atom stereocenters. The van der Waals surface area contributed by atoms with Gasteiger partial charge in [0, 0.05) is 26.2 Å². The smallest absolute Gasteiger partial charge is 0.258 e. The summed E-state index contributed by atoms with van der Waals surface area (Å²) in [5.74, 6) is 0.400. The molecule has 1 aromatic heterocycles. The van der Waals surface area contributed by atoms with Gasteiger partial charge in [-0.1, -0.05) is 30.3 Å². The Labute approximate surface area is 192 Å². The number of para-hydroxylation sites is 1. The molecule has 0 radical (unpaired) electrons. The Kier molecular flexibility index (Phi) is 6.59. The molecule has 1 saturated heterocycles. The van der Waals surface area contributed by atoms with E-state index in [1.165, 1.54) is 4.31 Å². The molecule has 33 heavy (non-hydrogen) atoms. The number of sulfonamides is 1. The summed E-state index contributed by atoms with van der Waals surface area (Å²) >= 11 is 0. The number of amides is 1. The molecule has 0 spiro atoms. The lowest BCUT2D eigenvalue weighted by Gasteiger charge is -2.36. The number of nitrogens with zero attached hydrogens (tertiary/aromatic N) is 4. The third kappa shape index (κ3) is 4.82. The summed E-state index contributed by atoms with van der Waals surface area (Å²) in [6.45, 7) is 3.25. The summed E-state index contributed by atoms with van der Waals surface area (Å²) in [5, 5.41) is 0.524. The summed E-state index contributed by atoms with van der Waals surface area (Å²) in [4.78, 5) is 36.4. The molecule has 2 heterocycles. The van der Waals surface area contributed by atoms with Gasteiger partial charge in [0.2, 0.25) is 15.9 Å². The minimum atomic E-state index is -3.57. The van der Waals surface area contributed by atoms with Crippen molar-refractivity contribution >= 4 is 26.8 Å². The average molecular weight is 470 g/mol. The molecule has 1 unspecified atom stereocenters. The Morgan fingerprint density at radius 3 is 2.39 bits per heavy atom. The molecule has 0 bridgehead atoms. The van der Waals surface area contributed by atoms with Gasteiger partial charge in [-0.2, -0.15) is 4.31 Å². The number of benzene rings is 2. The molecule has 0 saturated carbocycles. The van der Waals surface area contributed by atoms with Gasteiger partial charge in [0.25, 0.3) is 5.56 Å². The van der Waals surface area contributed by atoms with Crippen LogP contribution in [0.1, 0.15) is 12.7 Å². The minimum Gasteiger partial charge on any atom is -0.339 e. The van der Waals surface area contributed by atoms with Crippen LogP contribution in [0.4, 0.5) is 0 Å². The maximum absolute atomic E-state index is 13.1. The number of rotatable bonds is 6.